The number of aromatic nitrogens is 5. The smallest absolute Gasteiger partial charge is 0.269 e. The van der Waals surface area contributed by atoms with Gasteiger partial charge in [-0.25, -0.2) is 14.6 Å². The van der Waals surface area contributed by atoms with Gasteiger partial charge in [-0.1, -0.05) is 12.1 Å². The topological polar surface area (TPSA) is 154 Å². The standard InChI is InChI=1S/C21H23N9O2/c1-2-30-18-14(21(31)26-29-8-3-4-9-29)11-24-15(12-6-5-7-13(22)10-12)16(18)25-20(30)17-19(23)28-32-27-17/h5-7,10-11H,2-4,8-9,22H2,1H3,(H2,23,28)(H,26,31). The summed E-state index contributed by atoms with van der Waals surface area (Å²) >= 11 is 0. The maximum atomic E-state index is 13.2. The first-order chi connectivity index (χ1) is 15.6. The van der Waals surface area contributed by atoms with Crippen LogP contribution in [0.25, 0.3) is 33.8 Å². The van der Waals surface area contributed by atoms with Crippen LogP contribution in [0.1, 0.15) is 30.1 Å². The van der Waals surface area contributed by atoms with Gasteiger partial charge in [0.15, 0.2) is 17.3 Å². The highest BCUT2D eigenvalue weighted by atomic mass is 16.6. The summed E-state index contributed by atoms with van der Waals surface area (Å²) in [6.07, 6.45) is 3.68. The Kier molecular flexibility index (Phi) is 4.94. The van der Waals surface area contributed by atoms with Crippen LogP contribution in [-0.2, 0) is 6.54 Å². The number of amides is 1. The van der Waals surface area contributed by atoms with E-state index in [1.807, 2.05) is 34.7 Å². The van der Waals surface area contributed by atoms with E-state index in [0.29, 0.717) is 46.0 Å². The molecule has 11 heteroatoms. The van der Waals surface area contributed by atoms with Crippen molar-refractivity contribution in [3.05, 3.63) is 36.0 Å². The molecule has 5 N–H and O–H groups in total. The lowest BCUT2D eigenvalue weighted by molar-refractivity contribution is 0.0827. The van der Waals surface area contributed by atoms with E-state index in [1.165, 1.54) is 0 Å². The van der Waals surface area contributed by atoms with Crippen LogP contribution in [0.2, 0.25) is 0 Å². The van der Waals surface area contributed by atoms with E-state index in [1.54, 1.807) is 12.3 Å². The second kappa shape index (κ2) is 7.93. The molecule has 1 saturated heterocycles. The zero-order chi connectivity index (χ0) is 22.2. The van der Waals surface area contributed by atoms with E-state index >= 15 is 0 Å². The average Bonchev–Trinajstić information content (AvgIpc) is 3.52. The number of imidazole rings is 1. The summed E-state index contributed by atoms with van der Waals surface area (Å²) < 4.78 is 6.67. The molecule has 4 aromatic rings. The highest BCUT2D eigenvalue weighted by Gasteiger charge is 2.26. The normalized spacial score (nSPS) is 14.3. The first-order valence-electron chi connectivity index (χ1n) is 10.5. The zero-order valence-electron chi connectivity index (χ0n) is 17.6. The number of nitrogen functional groups attached to an aromatic ring is 2. The Morgan fingerprint density at radius 1 is 1.19 bits per heavy atom. The molecule has 5 rings (SSSR count). The van der Waals surface area contributed by atoms with E-state index in [0.717, 1.165) is 31.5 Å². The van der Waals surface area contributed by atoms with Crippen molar-refractivity contribution in [1.82, 2.24) is 35.3 Å². The van der Waals surface area contributed by atoms with Gasteiger partial charge < -0.3 is 16.0 Å². The Labute approximate surface area is 183 Å². The highest BCUT2D eigenvalue weighted by Crippen LogP contribution is 2.34. The van der Waals surface area contributed by atoms with Gasteiger partial charge in [0.05, 0.1) is 16.8 Å². The third-order valence-corrected chi connectivity index (χ3v) is 5.58. The number of rotatable bonds is 5. The van der Waals surface area contributed by atoms with Gasteiger partial charge in [-0.05, 0) is 42.2 Å². The van der Waals surface area contributed by atoms with Gasteiger partial charge in [-0.3, -0.25) is 15.2 Å². The van der Waals surface area contributed by atoms with Crippen molar-refractivity contribution in [2.75, 3.05) is 24.6 Å². The number of hydrogen-bond donors (Lipinski definition) is 3. The third-order valence-electron chi connectivity index (χ3n) is 5.58. The minimum atomic E-state index is -0.240. The quantitative estimate of drug-likeness (QED) is 0.401. The molecule has 1 aliphatic rings. The van der Waals surface area contributed by atoms with Crippen LogP contribution in [0.5, 0.6) is 0 Å². The molecule has 1 aromatic carbocycles. The first-order valence-corrected chi connectivity index (χ1v) is 10.5. The Bertz CT molecular complexity index is 1300. The summed E-state index contributed by atoms with van der Waals surface area (Å²) in [5, 5.41) is 9.52. The van der Waals surface area contributed by atoms with Crippen molar-refractivity contribution in [1.29, 1.82) is 0 Å². The number of anilines is 2. The van der Waals surface area contributed by atoms with Crippen molar-refractivity contribution in [3.63, 3.8) is 0 Å². The number of aryl methyl sites for hydroxylation is 1. The number of carbonyl (C=O) groups excluding carboxylic acids is 1. The third kappa shape index (κ3) is 3.32. The molecule has 0 saturated carbocycles. The van der Waals surface area contributed by atoms with Crippen LogP contribution in [0.3, 0.4) is 0 Å². The molecule has 164 valence electrons. The Morgan fingerprint density at radius 2 is 2.00 bits per heavy atom. The summed E-state index contributed by atoms with van der Waals surface area (Å²) in [5.41, 5.74) is 18.8. The van der Waals surface area contributed by atoms with Gasteiger partial charge in [0.1, 0.15) is 5.52 Å². The molecule has 0 unspecified atom stereocenters. The minimum absolute atomic E-state index is 0.122. The summed E-state index contributed by atoms with van der Waals surface area (Å²) in [7, 11) is 0. The summed E-state index contributed by atoms with van der Waals surface area (Å²) in [6, 6.07) is 7.38. The number of nitrogens with one attached hydrogen (secondary N) is 1. The van der Waals surface area contributed by atoms with E-state index < -0.39 is 0 Å². The summed E-state index contributed by atoms with van der Waals surface area (Å²) in [5.74, 6) is 0.335. The van der Waals surface area contributed by atoms with Crippen molar-refractivity contribution >= 4 is 28.4 Å². The molecule has 1 amide bonds. The molecule has 11 nitrogen and oxygen atoms in total. The molecule has 0 aliphatic carbocycles. The fourth-order valence-electron chi connectivity index (χ4n) is 4.08. The van der Waals surface area contributed by atoms with Gasteiger partial charge in [0.25, 0.3) is 5.91 Å². The molecule has 0 atom stereocenters. The molecule has 0 radical (unpaired) electrons. The maximum absolute atomic E-state index is 13.2. The van der Waals surface area contributed by atoms with Crippen LogP contribution in [0, 0.1) is 0 Å². The van der Waals surface area contributed by atoms with E-state index in [2.05, 4.69) is 20.7 Å². The minimum Gasteiger partial charge on any atom is -0.399 e. The van der Waals surface area contributed by atoms with Crippen LogP contribution >= 0.6 is 0 Å². The van der Waals surface area contributed by atoms with Gasteiger partial charge in [-0.2, -0.15) is 0 Å². The fraction of sp³-hybridized carbons (Fsp3) is 0.286. The Balaban J connectivity index is 1.74. The number of nitrogens with two attached hydrogens (primary N) is 2. The Morgan fingerprint density at radius 3 is 2.69 bits per heavy atom. The molecular weight excluding hydrogens is 410 g/mol. The number of hydrazine groups is 1. The van der Waals surface area contributed by atoms with Crippen LogP contribution in [0.15, 0.2) is 35.1 Å². The predicted molar refractivity (Wildman–Crippen MR) is 119 cm³/mol. The fourth-order valence-corrected chi connectivity index (χ4v) is 4.08. The highest BCUT2D eigenvalue weighted by molar-refractivity contribution is 6.08. The SMILES string of the molecule is CCn1c(-c2nonc2N)nc2c(-c3cccc(N)c3)ncc(C(=O)NN3CCCC3)c21. The van der Waals surface area contributed by atoms with Crippen LogP contribution < -0.4 is 16.9 Å². The van der Waals surface area contributed by atoms with Gasteiger partial charge in [-0.15, -0.1) is 0 Å². The lowest BCUT2D eigenvalue weighted by Gasteiger charge is -2.17. The zero-order valence-corrected chi connectivity index (χ0v) is 17.6. The summed E-state index contributed by atoms with van der Waals surface area (Å²) in [6.45, 7) is 4.12. The number of pyridine rings is 1. The average molecular weight is 433 g/mol. The number of fused-ring (bicyclic) bond motifs is 1. The van der Waals surface area contributed by atoms with Crippen LogP contribution in [0.4, 0.5) is 11.5 Å². The van der Waals surface area contributed by atoms with Crippen molar-refractivity contribution in [2.45, 2.75) is 26.3 Å². The second-order valence-electron chi connectivity index (χ2n) is 7.66. The number of hydrogen-bond acceptors (Lipinski definition) is 9. The molecule has 32 heavy (non-hydrogen) atoms. The van der Waals surface area contributed by atoms with E-state index in [-0.39, 0.29) is 11.7 Å². The van der Waals surface area contributed by atoms with Crippen molar-refractivity contribution in [3.8, 4) is 22.8 Å². The van der Waals surface area contributed by atoms with Crippen LogP contribution in [-0.4, -0.2) is 48.9 Å². The monoisotopic (exact) mass is 433 g/mol. The summed E-state index contributed by atoms with van der Waals surface area (Å²) in [4.78, 5) is 22.6. The number of nitrogens with zero attached hydrogens (tertiary/aromatic N) is 6. The lowest BCUT2D eigenvalue weighted by atomic mass is 10.1. The molecule has 0 bridgehead atoms. The molecule has 1 aliphatic heterocycles. The van der Waals surface area contributed by atoms with Gasteiger partial charge >= 0.3 is 0 Å². The van der Waals surface area contributed by atoms with E-state index in [9.17, 15) is 4.79 Å². The van der Waals surface area contributed by atoms with E-state index in [4.69, 9.17) is 21.1 Å². The van der Waals surface area contributed by atoms with Crippen molar-refractivity contribution < 1.29 is 9.42 Å². The lowest BCUT2D eigenvalue weighted by Crippen LogP contribution is -2.40. The predicted octanol–water partition coefficient (Wildman–Crippen LogP) is 2.07. The number of benzene rings is 1. The molecule has 3 aromatic heterocycles. The number of carbonyl (C=O) groups is 1. The maximum Gasteiger partial charge on any atom is 0.269 e. The van der Waals surface area contributed by atoms with Gasteiger partial charge in [0, 0.05) is 37.1 Å². The molecule has 0 spiro atoms. The van der Waals surface area contributed by atoms with Gasteiger partial charge in [0.2, 0.25) is 0 Å². The Hall–Kier alpha value is -3.99. The molecular formula is C21H23N9O2. The first kappa shape index (κ1) is 19.9. The second-order valence-corrected chi connectivity index (χ2v) is 7.66. The molecule has 1 fully saturated rings. The molecule has 4 heterocycles. The largest absolute Gasteiger partial charge is 0.399 e. The van der Waals surface area contributed by atoms with Crippen molar-refractivity contribution in [2.24, 2.45) is 0 Å².